The molecule has 4 nitrogen and oxygen atoms in total. The third kappa shape index (κ3) is 3.13. The number of rotatable bonds is 4. The Morgan fingerprint density at radius 2 is 2.14 bits per heavy atom. The van der Waals surface area contributed by atoms with Gasteiger partial charge in [0.05, 0.1) is 16.2 Å². The number of thioether (sulfide) groups is 1. The molecule has 0 atom stereocenters. The molecule has 0 aliphatic carbocycles. The second-order valence-electron chi connectivity index (χ2n) is 4.43. The Balaban J connectivity index is 1.89. The van der Waals surface area contributed by atoms with E-state index in [4.69, 9.17) is 17.4 Å². The van der Waals surface area contributed by atoms with Gasteiger partial charge in [0, 0.05) is 9.77 Å². The van der Waals surface area contributed by atoms with Gasteiger partial charge in [0.15, 0.2) is 5.82 Å². The van der Waals surface area contributed by atoms with Crippen LogP contribution >= 0.6 is 34.7 Å². The average Bonchev–Trinajstić information content (AvgIpc) is 2.85. The third-order valence-corrected chi connectivity index (χ3v) is 5.35. The fourth-order valence-corrected chi connectivity index (χ4v) is 3.96. The topological polar surface area (TPSA) is 63.8 Å². The molecule has 0 saturated heterocycles. The van der Waals surface area contributed by atoms with Crippen LogP contribution in [0.3, 0.4) is 0 Å². The first-order chi connectivity index (χ1) is 10.2. The number of anilines is 1. The van der Waals surface area contributed by atoms with Crippen LogP contribution in [0, 0.1) is 6.92 Å². The maximum absolute atomic E-state index is 6.16. The summed E-state index contributed by atoms with van der Waals surface area (Å²) in [6.45, 7) is 2.05. The first-order valence-corrected chi connectivity index (χ1v) is 8.46. The molecule has 0 aliphatic rings. The highest BCUT2D eigenvalue weighted by molar-refractivity contribution is 7.98. The predicted molar refractivity (Wildman–Crippen MR) is 91.0 cm³/mol. The summed E-state index contributed by atoms with van der Waals surface area (Å²) in [5.74, 6) is 7.61. The highest BCUT2D eigenvalue weighted by Crippen LogP contribution is 2.31. The zero-order valence-electron chi connectivity index (χ0n) is 11.3. The summed E-state index contributed by atoms with van der Waals surface area (Å²) in [5, 5.41) is 1.71. The molecule has 108 valence electrons. The van der Waals surface area contributed by atoms with E-state index in [1.807, 2.05) is 37.3 Å². The van der Waals surface area contributed by atoms with Crippen molar-refractivity contribution in [3.8, 4) is 0 Å². The van der Waals surface area contributed by atoms with Crippen LogP contribution in [0.25, 0.3) is 10.2 Å². The maximum Gasteiger partial charge on any atom is 0.152 e. The largest absolute Gasteiger partial charge is 0.308 e. The van der Waals surface area contributed by atoms with Crippen LogP contribution in [0.2, 0.25) is 5.02 Å². The number of fused-ring (bicyclic) bond motifs is 1. The van der Waals surface area contributed by atoms with Crippen molar-refractivity contribution in [2.45, 2.75) is 17.6 Å². The fourth-order valence-electron chi connectivity index (χ4n) is 1.96. The molecule has 0 saturated carbocycles. The molecule has 21 heavy (non-hydrogen) atoms. The van der Waals surface area contributed by atoms with Gasteiger partial charge in [-0.05, 0) is 25.1 Å². The number of benzene rings is 1. The molecule has 0 radical (unpaired) electrons. The first-order valence-electron chi connectivity index (χ1n) is 6.28. The molecule has 3 N–H and O–H groups in total. The van der Waals surface area contributed by atoms with E-state index in [2.05, 4.69) is 15.4 Å². The van der Waals surface area contributed by atoms with Gasteiger partial charge >= 0.3 is 0 Å². The second kappa shape index (κ2) is 6.19. The number of aromatic nitrogens is 2. The molecule has 3 aromatic rings. The van der Waals surface area contributed by atoms with E-state index < -0.39 is 0 Å². The van der Waals surface area contributed by atoms with Crippen molar-refractivity contribution < 1.29 is 0 Å². The lowest BCUT2D eigenvalue weighted by molar-refractivity contribution is 1.06. The number of nitrogens with zero attached hydrogens (tertiary/aromatic N) is 2. The predicted octanol–water partition coefficient (Wildman–Crippen LogP) is 4.23. The molecule has 2 aromatic heterocycles. The number of nitrogen functional groups attached to an aromatic ring is 1. The summed E-state index contributed by atoms with van der Waals surface area (Å²) in [6.07, 6.45) is 0. The van der Waals surface area contributed by atoms with Crippen molar-refractivity contribution in [3.05, 3.63) is 46.1 Å². The minimum atomic E-state index is 0.644. The van der Waals surface area contributed by atoms with Crippen LogP contribution in [0.15, 0.2) is 35.2 Å². The smallest absolute Gasteiger partial charge is 0.152 e. The van der Waals surface area contributed by atoms with Crippen molar-refractivity contribution in [2.24, 2.45) is 5.84 Å². The van der Waals surface area contributed by atoms with Gasteiger partial charge in [-0.15, -0.1) is 23.1 Å². The molecule has 0 amide bonds. The summed E-state index contributed by atoms with van der Waals surface area (Å²) in [5.41, 5.74) is 2.65. The van der Waals surface area contributed by atoms with Crippen LogP contribution in [0.5, 0.6) is 0 Å². The molecule has 1 aromatic carbocycles. The summed E-state index contributed by atoms with van der Waals surface area (Å²) in [7, 11) is 0. The molecule has 2 heterocycles. The van der Waals surface area contributed by atoms with Crippen LogP contribution in [-0.4, -0.2) is 9.97 Å². The van der Waals surface area contributed by atoms with Crippen molar-refractivity contribution in [2.75, 3.05) is 5.43 Å². The number of nitrogens with one attached hydrogen (secondary N) is 1. The highest BCUT2D eigenvalue weighted by atomic mass is 35.5. The maximum atomic E-state index is 6.16. The molecular weight excluding hydrogens is 324 g/mol. The van der Waals surface area contributed by atoms with Gasteiger partial charge in [-0.3, -0.25) is 0 Å². The Hall–Kier alpha value is -1.34. The minimum absolute atomic E-state index is 0.644. The highest BCUT2D eigenvalue weighted by Gasteiger charge is 2.10. The zero-order chi connectivity index (χ0) is 14.8. The van der Waals surface area contributed by atoms with E-state index in [9.17, 15) is 0 Å². The summed E-state index contributed by atoms with van der Waals surface area (Å²) < 4.78 is 0. The number of thiophene rings is 1. The molecule has 0 spiro atoms. The number of hydrogen-bond acceptors (Lipinski definition) is 6. The number of halogens is 1. The summed E-state index contributed by atoms with van der Waals surface area (Å²) in [6, 6.07) is 9.79. The van der Waals surface area contributed by atoms with Crippen LogP contribution in [-0.2, 0) is 5.75 Å². The minimum Gasteiger partial charge on any atom is -0.308 e. The SMILES string of the molecule is Cc1cc2c(NN)nc(CSc3ccccc3Cl)nc2s1. The summed E-state index contributed by atoms with van der Waals surface area (Å²) in [4.78, 5) is 12.2. The lowest BCUT2D eigenvalue weighted by atomic mass is 10.3. The molecular formula is C14H13ClN4S2. The first kappa shape index (κ1) is 14.6. The van der Waals surface area contributed by atoms with E-state index in [1.54, 1.807) is 23.1 Å². The molecule has 7 heteroatoms. The monoisotopic (exact) mass is 336 g/mol. The normalized spacial score (nSPS) is 11.0. The fraction of sp³-hybridized carbons (Fsp3) is 0.143. The molecule has 0 fully saturated rings. The van der Waals surface area contributed by atoms with E-state index in [0.29, 0.717) is 11.6 Å². The Kier molecular flexibility index (Phi) is 4.30. The lowest BCUT2D eigenvalue weighted by Gasteiger charge is -2.06. The quantitative estimate of drug-likeness (QED) is 0.424. The van der Waals surface area contributed by atoms with Crippen LogP contribution in [0.1, 0.15) is 10.7 Å². The number of aryl methyl sites for hydroxylation is 1. The zero-order valence-corrected chi connectivity index (χ0v) is 13.6. The standard InChI is InChI=1S/C14H13ClN4S2/c1-8-6-9-13(19-16)17-12(18-14(9)21-8)7-20-11-5-3-2-4-10(11)15/h2-6H,7,16H2,1H3,(H,17,18,19). The van der Waals surface area contributed by atoms with Crippen LogP contribution < -0.4 is 11.3 Å². The van der Waals surface area contributed by atoms with Gasteiger partial charge in [-0.25, -0.2) is 15.8 Å². The lowest BCUT2D eigenvalue weighted by Crippen LogP contribution is -2.10. The van der Waals surface area contributed by atoms with Gasteiger partial charge in [-0.2, -0.15) is 0 Å². The Morgan fingerprint density at radius 3 is 2.90 bits per heavy atom. The Labute approximate surface area is 135 Å². The number of hydrazine groups is 1. The van der Waals surface area contributed by atoms with Gasteiger partial charge in [0.1, 0.15) is 10.7 Å². The molecule has 3 rings (SSSR count). The number of nitrogens with two attached hydrogens (primary N) is 1. The van der Waals surface area contributed by atoms with Crippen molar-refractivity contribution in [1.29, 1.82) is 0 Å². The van der Waals surface area contributed by atoms with E-state index in [0.717, 1.165) is 26.0 Å². The van der Waals surface area contributed by atoms with Gasteiger partial charge in [-0.1, -0.05) is 23.7 Å². The molecule has 0 aliphatic heterocycles. The van der Waals surface area contributed by atoms with Gasteiger partial charge < -0.3 is 5.43 Å². The second-order valence-corrected chi connectivity index (χ2v) is 7.09. The van der Waals surface area contributed by atoms with E-state index in [1.165, 1.54) is 4.88 Å². The van der Waals surface area contributed by atoms with E-state index in [-0.39, 0.29) is 0 Å². The number of hydrogen-bond donors (Lipinski definition) is 2. The summed E-state index contributed by atoms with van der Waals surface area (Å²) >= 11 is 9.41. The van der Waals surface area contributed by atoms with Crippen molar-refractivity contribution in [1.82, 2.24) is 9.97 Å². The van der Waals surface area contributed by atoms with Gasteiger partial charge in [0.2, 0.25) is 0 Å². The van der Waals surface area contributed by atoms with E-state index >= 15 is 0 Å². The third-order valence-electron chi connectivity index (χ3n) is 2.89. The average molecular weight is 337 g/mol. The van der Waals surface area contributed by atoms with Crippen molar-refractivity contribution >= 4 is 50.7 Å². The van der Waals surface area contributed by atoms with Crippen LogP contribution in [0.4, 0.5) is 5.82 Å². The van der Waals surface area contributed by atoms with Crippen molar-refractivity contribution in [3.63, 3.8) is 0 Å². The van der Waals surface area contributed by atoms with Gasteiger partial charge in [0.25, 0.3) is 0 Å². The molecule has 0 bridgehead atoms. The Bertz CT molecular complexity index is 788. The molecule has 0 unspecified atom stereocenters. The Morgan fingerprint density at radius 1 is 1.33 bits per heavy atom.